The molecular weight excluding hydrogens is 156 g/mol. The van der Waals surface area contributed by atoms with Gasteiger partial charge >= 0.3 is 0 Å². The number of hydrogen-bond acceptors (Lipinski definition) is 2. The minimum atomic E-state index is 0.113. The predicted molar refractivity (Wildman–Crippen MR) is 44.4 cm³/mol. The summed E-state index contributed by atoms with van der Waals surface area (Å²) in [4.78, 5) is 15.5. The van der Waals surface area contributed by atoms with E-state index in [-0.39, 0.29) is 11.9 Å². The molecule has 0 spiro atoms. The molecule has 0 bridgehead atoms. The van der Waals surface area contributed by atoms with Crippen LogP contribution in [0.2, 0.25) is 0 Å². The number of rotatable bonds is 2. The smallest absolute Gasteiger partial charge is 0.222 e. The third kappa shape index (κ3) is 1.89. The molecule has 0 saturated carbocycles. The van der Waals surface area contributed by atoms with Crippen molar-refractivity contribution < 1.29 is 4.79 Å². The molecule has 66 valence electrons. The van der Waals surface area contributed by atoms with E-state index < -0.39 is 0 Å². The fourth-order valence-electron chi connectivity index (χ4n) is 1.41. The van der Waals surface area contributed by atoms with E-state index in [1.807, 2.05) is 0 Å². The fraction of sp³-hybridized carbons (Fsp3) is 0.857. The molecule has 1 rings (SSSR count). The lowest BCUT2D eigenvalue weighted by Gasteiger charge is -2.31. The second-order valence-corrected chi connectivity index (χ2v) is 2.96. The Kier molecular flexibility index (Phi) is 2.94. The van der Waals surface area contributed by atoms with Gasteiger partial charge in [0.25, 0.3) is 0 Å². The van der Waals surface area contributed by atoms with E-state index in [1.165, 1.54) is 0 Å². The Labute approximate surface area is 71.0 Å². The zero-order valence-electron chi connectivity index (χ0n) is 7.10. The average Bonchev–Trinajstić information content (AvgIpc) is 2.08. The Morgan fingerprint density at radius 2 is 2.58 bits per heavy atom. The monoisotopic (exact) mass is 168 g/mol. The molecule has 1 aliphatic rings. The second-order valence-electron chi connectivity index (χ2n) is 2.96. The first-order chi connectivity index (χ1) is 5.75. The zero-order chi connectivity index (χ0) is 8.97. The standard InChI is InChI=1S/C7H12N4O/c1-11-6(5-9-10-8)3-2-4-7(11)12/h6H,2-5H2,1H3. The zero-order valence-corrected chi connectivity index (χ0v) is 7.10. The van der Waals surface area contributed by atoms with Crippen LogP contribution in [0.1, 0.15) is 19.3 Å². The molecule has 0 aromatic rings. The van der Waals surface area contributed by atoms with E-state index in [0.717, 1.165) is 12.8 Å². The number of carbonyl (C=O) groups excluding carboxylic acids is 1. The minimum Gasteiger partial charge on any atom is -0.343 e. The first kappa shape index (κ1) is 8.87. The SMILES string of the molecule is CN1C(=O)CCCC1CN=[N+]=[N-]. The van der Waals surface area contributed by atoms with Gasteiger partial charge in [-0.25, -0.2) is 0 Å². The Bertz CT molecular complexity index is 221. The lowest BCUT2D eigenvalue weighted by molar-refractivity contribution is -0.134. The molecule has 5 heteroatoms. The highest BCUT2D eigenvalue weighted by atomic mass is 16.2. The molecule has 1 saturated heterocycles. The van der Waals surface area contributed by atoms with Crippen LogP contribution < -0.4 is 0 Å². The van der Waals surface area contributed by atoms with E-state index in [1.54, 1.807) is 11.9 Å². The molecular formula is C7H12N4O. The number of hydrogen-bond donors (Lipinski definition) is 0. The second kappa shape index (κ2) is 3.97. The number of likely N-dealkylation sites (tertiary alicyclic amines) is 1. The highest BCUT2D eigenvalue weighted by molar-refractivity contribution is 5.76. The van der Waals surface area contributed by atoms with Gasteiger partial charge in [-0.1, -0.05) is 5.11 Å². The summed E-state index contributed by atoms with van der Waals surface area (Å²) in [5, 5.41) is 3.47. The molecule has 1 fully saturated rings. The van der Waals surface area contributed by atoms with Crippen molar-refractivity contribution in [2.45, 2.75) is 25.3 Å². The maximum Gasteiger partial charge on any atom is 0.222 e. The van der Waals surface area contributed by atoms with Crippen LogP contribution in [0.3, 0.4) is 0 Å². The van der Waals surface area contributed by atoms with Gasteiger partial charge in [-0.15, -0.1) is 0 Å². The first-order valence-electron chi connectivity index (χ1n) is 4.02. The van der Waals surface area contributed by atoms with Crippen molar-refractivity contribution in [1.82, 2.24) is 4.90 Å². The van der Waals surface area contributed by atoms with Crippen molar-refractivity contribution in [2.75, 3.05) is 13.6 Å². The Hall–Kier alpha value is -1.22. The summed E-state index contributed by atoms with van der Waals surface area (Å²) in [6.45, 7) is 0.402. The number of amides is 1. The summed E-state index contributed by atoms with van der Waals surface area (Å²) < 4.78 is 0. The topological polar surface area (TPSA) is 69.1 Å². The molecule has 12 heavy (non-hydrogen) atoms. The van der Waals surface area contributed by atoms with Crippen LogP contribution in [0.5, 0.6) is 0 Å². The van der Waals surface area contributed by atoms with E-state index in [9.17, 15) is 4.79 Å². The highest BCUT2D eigenvalue weighted by Gasteiger charge is 2.23. The van der Waals surface area contributed by atoms with Crippen LogP contribution in [0.25, 0.3) is 10.4 Å². The summed E-state index contributed by atoms with van der Waals surface area (Å²) in [6, 6.07) is 0.113. The molecule has 0 aromatic carbocycles. The van der Waals surface area contributed by atoms with E-state index in [0.29, 0.717) is 13.0 Å². The third-order valence-electron chi connectivity index (χ3n) is 2.22. The molecule has 0 aliphatic carbocycles. The number of likely N-dealkylation sites (N-methyl/N-ethyl adjacent to an activating group) is 1. The van der Waals surface area contributed by atoms with Crippen molar-refractivity contribution >= 4 is 5.91 Å². The third-order valence-corrected chi connectivity index (χ3v) is 2.22. The summed E-state index contributed by atoms with van der Waals surface area (Å²) >= 11 is 0. The van der Waals surface area contributed by atoms with Gasteiger partial charge < -0.3 is 4.90 Å². The van der Waals surface area contributed by atoms with E-state index >= 15 is 0 Å². The van der Waals surface area contributed by atoms with Gasteiger partial charge in [-0.2, -0.15) is 0 Å². The van der Waals surface area contributed by atoms with Crippen LogP contribution in [0, 0.1) is 0 Å². The first-order valence-corrected chi connectivity index (χ1v) is 4.02. The van der Waals surface area contributed by atoms with Crippen LogP contribution >= 0.6 is 0 Å². The van der Waals surface area contributed by atoms with Crippen molar-refractivity contribution in [2.24, 2.45) is 5.11 Å². The van der Waals surface area contributed by atoms with E-state index in [2.05, 4.69) is 10.0 Å². The van der Waals surface area contributed by atoms with Gasteiger partial charge in [-0.3, -0.25) is 4.79 Å². The van der Waals surface area contributed by atoms with Gasteiger partial charge in [0, 0.05) is 31.0 Å². The Balaban J connectivity index is 2.51. The fourth-order valence-corrected chi connectivity index (χ4v) is 1.41. The molecule has 0 N–H and O–H groups in total. The molecule has 1 unspecified atom stereocenters. The number of azide groups is 1. The van der Waals surface area contributed by atoms with Crippen molar-refractivity contribution in [1.29, 1.82) is 0 Å². The highest BCUT2D eigenvalue weighted by Crippen LogP contribution is 2.16. The summed E-state index contributed by atoms with van der Waals surface area (Å²) in [6.07, 6.45) is 2.49. The Morgan fingerprint density at radius 3 is 3.25 bits per heavy atom. The van der Waals surface area contributed by atoms with Crippen molar-refractivity contribution in [3.63, 3.8) is 0 Å². The normalized spacial score (nSPS) is 23.6. The number of carbonyl (C=O) groups is 1. The predicted octanol–water partition coefficient (Wildman–Crippen LogP) is 1.31. The summed E-state index contributed by atoms with van der Waals surface area (Å²) in [7, 11) is 1.76. The molecule has 1 atom stereocenters. The molecule has 0 radical (unpaired) electrons. The maximum atomic E-state index is 11.2. The molecule has 1 amide bonds. The maximum absolute atomic E-state index is 11.2. The lowest BCUT2D eigenvalue weighted by atomic mass is 10.0. The van der Waals surface area contributed by atoms with E-state index in [4.69, 9.17) is 5.53 Å². The van der Waals surface area contributed by atoms with Gasteiger partial charge in [-0.05, 0) is 18.4 Å². The van der Waals surface area contributed by atoms with Gasteiger partial charge in [0.15, 0.2) is 0 Å². The van der Waals surface area contributed by atoms with Crippen LogP contribution in [0.15, 0.2) is 5.11 Å². The van der Waals surface area contributed by atoms with Gasteiger partial charge in [0.2, 0.25) is 5.91 Å². The van der Waals surface area contributed by atoms with Crippen LogP contribution in [0.4, 0.5) is 0 Å². The van der Waals surface area contributed by atoms with Crippen LogP contribution in [-0.4, -0.2) is 30.4 Å². The number of nitrogens with zero attached hydrogens (tertiary/aromatic N) is 4. The van der Waals surface area contributed by atoms with Gasteiger partial charge in [0.1, 0.15) is 0 Å². The molecule has 1 aliphatic heterocycles. The van der Waals surface area contributed by atoms with Crippen molar-refractivity contribution in [3.8, 4) is 0 Å². The van der Waals surface area contributed by atoms with Crippen molar-refractivity contribution in [3.05, 3.63) is 10.4 Å². The lowest BCUT2D eigenvalue weighted by Crippen LogP contribution is -2.42. The summed E-state index contributed by atoms with van der Waals surface area (Å²) in [5.74, 6) is 0.152. The van der Waals surface area contributed by atoms with Gasteiger partial charge in [0.05, 0.1) is 0 Å². The minimum absolute atomic E-state index is 0.113. The molecule has 0 aromatic heterocycles. The molecule has 1 heterocycles. The van der Waals surface area contributed by atoms with Crippen LogP contribution in [-0.2, 0) is 4.79 Å². The Morgan fingerprint density at radius 1 is 1.83 bits per heavy atom. The number of piperidine rings is 1. The summed E-state index contributed by atoms with van der Waals surface area (Å²) in [5.41, 5.74) is 8.10. The largest absolute Gasteiger partial charge is 0.343 e. The average molecular weight is 168 g/mol. The molecule has 5 nitrogen and oxygen atoms in total. The quantitative estimate of drug-likeness (QED) is 0.348.